The van der Waals surface area contributed by atoms with Crippen molar-refractivity contribution >= 4 is 33.2 Å². The van der Waals surface area contributed by atoms with E-state index in [0.717, 1.165) is 10.2 Å². The molecule has 3 rings (SSSR count). The molecule has 2 N–H and O–H groups in total. The van der Waals surface area contributed by atoms with E-state index in [4.69, 9.17) is 0 Å². The van der Waals surface area contributed by atoms with Crippen LogP contribution < -0.4 is 16.2 Å². The molecule has 0 saturated carbocycles. The molecule has 0 spiro atoms. The summed E-state index contributed by atoms with van der Waals surface area (Å²) in [5.74, 6) is -0.256. The van der Waals surface area contributed by atoms with Gasteiger partial charge in [-0.15, -0.1) is 0 Å². The molecule has 0 bridgehead atoms. The summed E-state index contributed by atoms with van der Waals surface area (Å²) in [6.07, 6.45) is 1.60. The number of benzene rings is 2. The molecule has 6 heteroatoms. The smallest absolute Gasteiger partial charge is 0.251 e. The number of hydrogen-bond donors (Lipinski definition) is 2. The zero-order chi connectivity index (χ0) is 19.2. The normalized spacial score (nSPS) is 11.6. The van der Waals surface area contributed by atoms with Gasteiger partial charge in [-0.25, -0.2) is 0 Å². The predicted molar refractivity (Wildman–Crippen MR) is 112 cm³/mol. The number of pyridine rings is 1. The van der Waals surface area contributed by atoms with Crippen LogP contribution in [0.3, 0.4) is 0 Å². The minimum absolute atomic E-state index is 0.0384. The Morgan fingerprint density at radius 1 is 1.00 bits per heavy atom. The van der Waals surface area contributed by atoms with Gasteiger partial charge in [0.2, 0.25) is 5.91 Å². The molecule has 0 saturated heterocycles. The Bertz CT molecular complexity index is 969. The van der Waals surface area contributed by atoms with Gasteiger partial charge < -0.3 is 15.2 Å². The van der Waals surface area contributed by atoms with E-state index in [1.165, 1.54) is 16.2 Å². The number of hydrogen-bond acceptors (Lipinski definition) is 3. The lowest BCUT2D eigenvalue weighted by Crippen LogP contribution is -2.26. The van der Waals surface area contributed by atoms with Crippen LogP contribution in [-0.2, 0) is 11.3 Å². The van der Waals surface area contributed by atoms with Crippen LogP contribution >= 0.6 is 15.9 Å². The summed E-state index contributed by atoms with van der Waals surface area (Å²) >= 11 is 3.30. The van der Waals surface area contributed by atoms with Crippen LogP contribution in [0.15, 0.2) is 82.2 Å². The quantitative estimate of drug-likeness (QED) is 0.614. The molecule has 1 amide bonds. The molecule has 3 aromatic rings. The molecule has 1 aromatic heterocycles. The Morgan fingerprint density at radius 3 is 2.37 bits per heavy atom. The number of carbonyl (C=O) groups excluding carboxylic acids is 1. The molecule has 1 atom stereocenters. The number of aromatic nitrogens is 1. The maximum absolute atomic E-state index is 12.2. The molecule has 0 aliphatic rings. The summed E-state index contributed by atoms with van der Waals surface area (Å²) in [6, 6.07) is 20.9. The highest BCUT2D eigenvalue weighted by molar-refractivity contribution is 9.10. The third-order valence-corrected chi connectivity index (χ3v) is 4.58. The zero-order valence-electron chi connectivity index (χ0n) is 14.9. The second kappa shape index (κ2) is 8.68. The highest BCUT2D eigenvalue weighted by atomic mass is 79.9. The standard InChI is InChI=1S/C21H20BrN3O2/c1-15(16-5-3-2-4-6-16)23-18-8-10-19(11-9-18)24-20(26)14-25-13-17(22)7-12-21(25)27/h2-13,15,23H,14H2,1H3,(H,24,26). The third kappa shape index (κ3) is 5.31. The second-order valence-electron chi connectivity index (χ2n) is 6.22. The monoisotopic (exact) mass is 425 g/mol. The molecule has 0 radical (unpaired) electrons. The molecule has 2 aromatic carbocycles. The van der Waals surface area contributed by atoms with Crippen LogP contribution in [0.1, 0.15) is 18.5 Å². The van der Waals surface area contributed by atoms with Crippen molar-refractivity contribution < 1.29 is 4.79 Å². The Morgan fingerprint density at radius 2 is 1.67 bits per heavy atom. The van der Waals surface area contributed by atoms with E-state index in [1.807, 2.05) is 42.5 Å². The van der Waals surface area contributed by atoms with Crippen molar-refractivity contribution in [1.29, 1.82) is 0 Å². The topological polar surface area (TPSA) is 63.1 Å². The third-order valence-electron chi connectivity index (χ3n) is 4.11. The molecule has 138 valence electrons. The number of anilines is 2. The summed E-state index contributed by atoms with van der Waals surface area (Å²) < 4.78 is 2.11. The first-order chi connectivity index (χ1) is 13.0. The fourth-order valence-electron chi connectivity index (χ4n) is 2.71. The van der Waals surface area contributed by atoms with Gasteiger partial charge in [-0.1, -0.05) is 30.3 Å². The van der Waals surface area contributed by atoms with E-state index in [-0.39, 0.29) is 24.1 Å². The van der Waals surface area contributed by atoms with Gasteiger partial charge in [0.15, 0.2) is 0 Å². The van der Waals surface area contributed by atoms with Crippen molar-refractivity contribution in [2.75, 3.05) is 10.6 Å². The number of carbonyl (C=O) groups is 1. The van der Waals surface area contributed by atoms with E-state index in [2.05, 4.69) is 45.6 Å². The highest BCUT2D eigenvalue weighted by Crippen LogP contribution is 2.20. The van der Waals surface area contributed by atoms with Gasteiger partial charge in [-0.2, -0.15) is 0 Å². The lowest BCUT2D eigenvalue weighted by molar-refractivity contribution is -0.116. The fraction of sp³-hybridized carbons (Fsp3) is 0.143. The summed E-state index contributed by atoms with van der Waals surface area (Å²) in [5.41, 5.74) is 2.63. The van der Waals surface area contributed by atoms with Crippen LogP contribution in [-0.4, -0.2) is 10.5 Å². The zero-order valence-corrected chi connectivity index (χ0v) is 16.4. The van der Waals surface area contributed by atoms with Gasteiger partial charge in [-0.3, -0.25) is 9.59 Å². The van der Waals surface area contributed by atoms with Crippen molar-refractivity contribution in [3.63, 3.8) is 0 Å². The van der Waals surface area contributed by atoms with Gasteiger partial charge in [0.1, 0.15) is 6.54 Å². The van der Waals surface area contributed by atoms with Crippen molar-refractivity contribution in [1.82, 2.24) is 4.57 Å². The van der Waals surface area contributed by atoms with E-state index in [9.17, 15) is 9.59 Å². The molecular weight excluding hydrogens is 406 g/mol. The first-order valence-corrected chi connectivity index (χ1v) is 9.38. The lowest BCUT2D eigenvalue weighted by Gasteiger charge is -2.16. The van der Waals surface area contributed by atoms with Crippen molar-refractivity contribution in [2.45, 2.75) is 19.5 Å². The van der Waals surface area contributed by atoms with E-state index in [0.29, 0.717) is 5.69 Å². The van der Waals surface area contributed by atoms with Crippen LogP contribution in [0.5, 0.6) is 0 Å². The van der Waals surface area contributed by atoms with Crippen LogP contribution in [0.25, 0.3) is 0 Å². The number of amides is 1. The molecule has 5 nitrogen and oxygen atoms in total. The van der Waals surface area contributed by atoms with Gasteiger partial charge in [-0.05, 0) is 58.7 Å². The van der Waals surface area contributed by atoms with Gasteiger partial charge in [0.25, 0.3) is 5.56 Å². The van der Waals surface area contributed by atoms with Crippen LogP contribution in [0.4, 0.5) is 11.4 Å². The Hall–Kier alpha value is -2.86. The molecule has 0 aliphatic carbocycles. The molecule has 0 fully saturated rings. The Kier molecular flexibility index (Phi) is 6.08. The molecule has 1 heterocycles. The summed E-state index contributed by atoms with van der Waals surface area (Å²) in [5, 5.41) is 6.24. The van der Waals surface area contributed by atoms with Crippen molar-refractivity contribution in [3.8, 4) is 0 Å². The first-order valence-electron chi connectivity index (χ1n) is 8.58. The molecular formula is C21H20BrN3O2. The maximum atomic E-state index is 12.2. The number of rotatable bonds is 6. The SMILES string of the molecule is CC(Nc1ccc(NC(=O)Cn2cc(Br)ccc2=O)cc1)c1ccccc1. The van der Waals surface area contributed by atoms with E-state index >= 15 is 0 Å². The average Bonchev–Trinajstić information content (AvgIpc) is 2.67. The fourth-order valence-corrected chi connectivity index (χ4v) is 3.09. The molecule has 1 unspecified atom stereocenters. The first kappa shape index (κ1) is 18.9. The maximum Gasteiger partial charge on any atom is 0.251 e. The minimum atomic E-state index is -0.256. The Labute approximate surface area is 166 Å². The van der Waals surface area contributed by atoms with E-state index < -0.39 is 0 Å². The molecule has 0 aliphatic heterocycles. The number of halogens is 1. The van der Waals surface area contributed by atoms with Gasteiger partial charge >= 0.3 is 0 Å². The lowest BCUT2D eigenvalue weighted by atomic mass is 10.1. The average molecular weight is 426 g/mol. The van der Waals surface area contributed by atoms with E-state index in [1.54, 1.807) is 12.3 Å². The van der Waals surface area contributed by atoms with Crippen LogP contribution in [0.2, 0.25) is 0 Å². The summed E-state index contributed by atoms with van der Waals surface area (Å²) in [4.78, 5) is 24.0. The van der Waals surface area contributed by atoms with Crippen molar-refractivity contribution in [3.05, 3.63) is 93.3 Å². The predicted octanol–water partition coefficient (Wildman–Crippen LogP) is 4.42. The number of nitrogens with zero attached hydrogens (tertiary/aromatic N) is 1. The summed E-state index contributed by atoms with van der Waals surface area (Å²) in [7, 11) is 0. The van der Waals surface area contributed by atoms with Crippen molar-refractivity contribution in [2.24, 2.45) is 0 Å². The minimum Gasteiger partial charge on any atom is -0.379 e. The highest BCUT2D eigenvalue weighted by Gasteiger charge is 2.07. The molecule has 27 heavy (non-hydrogen) atoms. The second-order valence-corrected chi connectivity index (χ2v) is 7.13. The van der Waals surface area contributed by atoms with Crippen LogP contribution in [0, 0.1) is 0 Å². The number of nitrogens with one attached hydrogen (secondary N) is 2. The largest absolute Gasteiger partial charge is 0.379 e. The van der Waals surface area contributed by atoms with Gasteiger partial charge in [0.05, 0.1) is 0 Å². The van der Waals surface area contributed by atoms with Gasteiger partial charge in [0, 0.05) is 34.2 Å². The Balaban J connectivity index is 1.59. The summed E-state index contributed by atoms with van der Waals surface area (Å²) in [6.45, 7) is 2.06.